The van der Waals surface area contributed by atoms with Gasteiger partial charge in [0, 0.05) is 25.9 Å². The first-order valence-electron chi connectivity index (χ1n) is 21.3. The molecule has 2 rings (SSSR count). The SMILES string of the molecule is CCCCCCCCCCCCCCCC(=O)N1CCC[C@H]1C(=O)N1CCC[C@]1(C(=O)O)C(=O)CCCCCCCCCCCCCCC. The molecule has 0 saturated carbocycles. The van der Waals surface area contributed by atoms with Crippen LogP contribution in [0, 0.1) is 0 Å². The van der Waals surface area contributed by atoms with Gasteiger partial charge in [-0.2, -0.15) is 0 Å². The zero-order chi connectivity index (χ0) is 35.6. The average molecular weight is 689 g/mol. The van der Waals surface area contributed by atoms with E-state index in [0.717, 1.165) is 44.9 Å². The van der Waals surface area contributed by atoms with Crippen molar-refractivity contribution in [3.8, 4) is 0 Å². The lowest BCUT2D eigenvalue weighted by atomic mass is 9.87. The van der Waals surface area contributed by atoms with Crippen LogP contribution in [0.2, 0.25) is 0 Å². The lowest BCUT2D eigenvalue weighted by Crippen LogP contribution is -2.61. The van der Waals surface area contributed by atoms with Crippen LogP contribution in [-0.2, 0) is 19.2 Å². The topological polar surface area (TPSA) is 95.0 Å². The number of rotatable bonds is 31. The monoisotopic (exact) mass is 689 g/mol. The Morgan fingerprint density at radius 3 is 1.39 bits per heavy atom. The van der Waals surface area contributed by atoms with E-state index in [4.69, 9.17) is 0 Å². The molecule has 2 aliphatic heterocycles. The number of likely N-dealkylation sites (tertiary alicyclic amines) is 2. The normalized spacial score (nSPS) is 19.2. The smallest absolute Gasteiger partial charge is 0.337 e. The second-order valence-electron chi connectivity index (χ2n) is 15.4. The third-order valence-corrected chi connectivity index (χ3v) is 11.3. The number of hydrogen-bond acceptors (Lipinski definition) is 4. The van der Waals surface area contributed by atoms with Crippen LogP contribution in [-0.4, -0.2) is 63.1 Å². The molecule has 0 aliphatic carbocycles. The van der Waals surface area contributed by atoms with Crippen LogP contribution in [0.25, 0.3) is 0 Å². The molecule has 7 nitrogen and oxygen atoms in total. The van der Waals surface area contributed by atoms with Crippen molar-refractivity contribution in [1.82, 2.24) is 9.80 Å². The number of unbranched alkanes of at least 4 members (excludes halogenated alkanes) is 24. The molecule has 0 aromatic heterocycles. The molecule has 0 unspecified atom stereocenters. The van der Waals surface area contributed by atoms with Crippen molar-refractivity contribution in [3.05, 3.63) is 0 Å². The molecule has 2 atom stereocenters. The predicted molar refractivity (Wildman–Crippen MR) is 202 cm³/mol. The van der Waals surface area contributed by atoms with Gasteiger partial charge in [0.1, 0.15) is 6.04 Å². The lowest BCUT2D eigenvalue weighted by molar-refractivity contribution is -0.164. The van der Waals surface area contributed by atoms with E-state index in [9.17, 15) is 24.3 Å². The quantitative estimate of drug-likeness (QED) is 0.0578. The summed E-state index contributed by atoms with van der Waals surface area (Å²) in [6.07, 6.45) is 34.5. The van der Waals surface area contributed by atoms with Gasteiger partial charge in [0.2, 0.25) is 11.8 Å². The highest BCUT2D eigenvalue weighted by molar-refractivity contribution is 6.11. The van der Waals surface area contributed by atoms with Gasteiger partial charge in [0.25, 0.3) is 0 Å². The molecule has 0 radical (unpaired) electrons. The summed E-state index contributed by atoms with van der Waals surface area (Å²) < 4.78 is 0. The highest BCUT2D eigenvalue weighted by atomic mass is 16.4. The van der Waals surface area contributed by atoms with Gasteiger partial charge < -0.3 is 14.9 Å². The number of nitrogens with zero attached hydrogens (tertiary/aromatic N) is 2. The Bertz CT molecular complexity index is 923. The molecule has 2 fully saturated rings. The predicted octanol–water partition coefficient (Wildman–Crippen LogP) is 11.0. The van der Waals surface area contributed by atoms with Crippen molar-refractivity contribution >= 4 is 23.6 Å². The summed E-state index contributed by atoms with van der Waals surface area (Å²) in [5, 5.41) is 10.4. The Hall–Kier alpha value is -1.92. The maximum absolute atomic E-state index is 13.9. The largest absolute Gasteiger partial charge is 0.479 e. The van der Waals surface area contributed by atoms with Gasteiger partial charge >= 0.3 is 5.97 Å². The fraction of sp³-hybridized carbons (Fsp3) is 0.905. The van der Waals surface area contributed by atoms with Crippen LogP contribution < -0.4 is 0 Å². The number of carbonyl (C=O) groups is 4. The second kappa shape index (κ2) is 26.8. The molecule has 1 N–H and O–H groups in total. The number of carboxylic acids is 1. The van der Waals surface area contributed by atoms with Gasteiger partial charge in [0.05, 0.1) is 0 Å². The van der Waals surface area contributed by atoms with Gasteiger partial charge in [-0.3, -0.25) is 14.4 Å². The maximum Gasteiger partial charge on any atom is 0.337 e. The zero-order valence-electron chi connectivity index (χ0n) is 32.1. The summed E-state index contributed by atoms with van der Waals surface area (Å²) >= 11 is 0. The lowest BCUT2D eigenvalue weighted by Gasteiger charge is -2.37. The zero-order valence-corrected chi connectivity index (χ0v) is 32.1. The highest BCUT2D eigenvalue weighted by Crippen LogP contribution is 2.35. The third-order valence-electron chi connectivity index (χ3n) is 11.3. The molecule has 49 heavy (non-hydrogen) atoms. The molecular formula is C42H76N2O5. The first-order valence-corrected chi connectivity index (χ1v) is 21.3. The molecule has 0 spiro atoms. The number of amides is 2. The van der Waals surface area contributed by atoms with Crippen molar-refractivity contribution in [1.29, 1.82) is 0 Å². The molecule has 2 aliphatic rings. The van der Waals surface area contributed by atoms with E-state index >= 15 is 0 Å². The fourth-order valence-corrected chi connectivity index (χ4v) is 8.20. The van der Waals surface area contributed by atoms with E-state index in [-0.39, 0.29) is 37.0 Å². The standard InChI is InChI=1S/C42H76N2O5/c1-3-5-7-9-11-13-15-17-19-21-23-25-27-32-38(45)42(41(48)49)34-30-36-44(42)40(47)37-31-29-35-43(37)39(46)33-28-26-24-22-20-18-16-14-12-10-8-6-4-2/h37H,3-36H2,1-2H3,(H,48,49)/t37-,42+/m0/s1. The van der Waals surface area contributed by atoms with Crippen LogP contribution in [0.3, 0.4) is 0 Å². The summed E-state index contributed by atoms with van der Waals surface area (Å²) in [5.41, 5.74) is -1.78. The van der Waals surface area contributed by atoms with Crippen LogP contribution in [0.4, 0.5) is 0 Å². The first kappa shape index (κ1) is 43.2. The number of carboxylic acid groups (broad SMARTS) is 1. The molecule has 0 aromatic rings. The van der Waals surface area contributed by atoms with Crippen LogP contribution in [0.1, 0.15) is 219 Å². The summed E-state index contributed by atoms with van der Waals surface area (Å²) in [5.74, 6) is -1.88. The third kappa shape index (κ3) is 15.9. The van der Waals surface area contributed by atoms with Crippen molar-refractivity contribution in [2.75, 3.05) is 13.1 Å². The molecule has 0 bridgehead atoms. The minimum atomic E-state index is -1.78. The molecule has 284 valence electrons. The molecular weight excluding hydrogens is 612 g/mol. The molecule has 2 amide bonds. The van der Waals surface area contributed by atoms with E-state index in [2.05, 4.69) is 13.8 Å². The highest BCUT2D eigenvalue weighted by Gasteiger charge is 2.56. The van der Waals surface area contributed by atoms with Gasteiger partial charge in [0.15, 0.2) is 11.3 Å². The summed E-state index contributed by atoms with van der Waals surface area (Å²) in [7, 11) is 0. The number of aliphatic carboxylic acids is 1. The summed E-state index contributed by atoms with van der Waals surface area (Å²) in [4.78, 5) is 56.4. The molecule has 2 saturated heterocycles. The first-order chi connectivity index (χ1) is 23.9. The molecule has 0 aromatic carbocycles. The average Bonchev–Trinajstić information content (AvgIpc) is 3.78. The number of carbonyl (C=O) groups excluding carboxylic acids is 3. The number of Topliss-reactive ketones (excluding diaryl/α,β-unsaturated/α-hetero) is 1. The Balaban J connectivity index is 1.69. The van der Waals surface area contributed by atoms with E-state index < -0.39 is 17.6 Å². The van der Waals surface area contributed by atoms with Gasteiger partial charge in [-0.05, 0) is 38.5 Å². The fourth-order valence-electron chi connectivity index (χ4n) is 8.20. The van der Waals surface area contributed by atoms with E-state index in [1.165, 1.54) is 127 Å². The van der Waals surface area contributed by atoms with Gasteiger partial charge in [-0.25, -0.2) is 4.79 Å². The van der Waals surface area contributed by atoms with E-state index in [0.29, 0.717) is 32.2 Å². The minimum absolute atomic E-state index is 0.00246. The maximum atomic E-state index is 13.9. The van der Waals surface area contributed by atoms with Crippen LogP contribution in [0.15, 0.2) is 0 Å². The minimum Gasteiger partial charge on any atom is -0.479 e. The summed E-state index contributed by atoms with van der Waals surface area (Å²) in [6, 6.07) is -0.643. The van der Waals surface area contributed by atoms with Crippen molar-refractivity contribution in [2.24, 2.45) is 0 Å². The van der Waals surface area contributed by atoms with Crippen LogP contribution in [0.5, 0.6) is 0 Å². The van der Waals surface area contributed by atoms with Crippen molar-refractivity contribution in [3.63, 3.8) is 0 Å². The molecule has 2 heterocycles. The Morgan fingerprint density at radius 1 is 0.551 bits per heavy atom. The van der Waals surface area contributed by atoms with Crippen LogP contribution >= 0.6 is 0 Å². The van der Waals surface area contributed by atoms with Crippen molar-refractivity contribution < 1.29 is 24.3 Å². The molecule has 7 heteroatoms. The van der Waals surface area contributed by atoms with E-state index in [1.54, 1.807) is 4.90 Å². The Morgan fingerprint density at radius 2 is 0.959 bits per heavy atom. The Labute approximate surface area is 301 Å². The van der Waals surface area contributed by atoms with Crippen molar-refractivity contribution in [2.45, 2.75) is 231 Å². The Kier molecular flexibility index (Phi) is 23.7. The van der Waals surface area contributed by atoms with Gasteiger partial charge in [-0.1, -0.05) is 168 Å². The number of hydrogen-bond donors (Lipinski definition) is 1. The van der Waals surface area contributed by atoms with E-state index in [1.807, 2.05) is 0 Å². The number of ketones is 1. The summed E-state index contributed by atoms with van der Waals surface area (Å²) in [6.45, 7) is 5.31. The second-order valence-corrected chi connectivity index (χ2v) is 15.4. The van der Waals surface area contributed by atoms with Gasteiger partial charge in [-0.15, -0.1) is 0 Å².